The fourth-order valence-corrected chi connectivity index (χ4v) is 4.85. The Hall–Kier alpha value is -3.32. The zero-order chi connectivity index (χ0) is 27.4. The van der Waals surface area contributed by atoms with Gasteiger partial charge in [-0.05, 0) is 81.0 Å². The summed E-state index contributed by atoms with van der Waals surface area (Å²) < 4.78 is 5.96. The zero-order valence-corrected chi connectivity index (χ0v) is 23.1. The van der Waals surface area contributed by atoms with E-state index in [1.807, 2.05) is 56.3 Å². The van der Waals surface area contributed by atoms with Crippen LogP contribution < -0.4 is 4.74 Å². The number of ketones is 1. The average molecular weight is 553 g/mol. The number of aliphatic hydroxyl groups is 1. The van der Waals surface area contributed by atoms with Crippen molar-refractivity contribution in [1.29, 1.82) is 0 Å². The standard InChI is InChI=1S/C30H30Cl2N2O4/c1-19-16-22(11-13-25(19)38-18-20-8-5-4-6-9-20)28(35)26-27(21-10-12-23(31)24(32)17-21)34(30(37)29(26)36)15-7-14-33(2)3/h4-6,8-13,16-17,27,35H,7,14-15,18H2,1-3H3/t27-/m1/s1. The highest BCUT2D eigenvalue weighted by Gasteiger charge is 2.46. The fraction of sp³-hybridized carbons (Fsp3) is 0.267. The Morgan fingerprint density at radius 2 is 1.74 bits per heavy atom. The number of aryl methyl sites for hydroxylation is 1. The highest BCUT2D eigenvalue weighted by Crippen LogP contribution is 2.41. The van der Waals surface area contributed by atoms with Gasteiger partial charge in [0.2, 0.25) is 0 Å². The smallest absolute Gasteiger partial charge is 0.295 e. The van der Waals surface area contributed by atoms with Gasteiger partial charge in [0.05, 0.1) is 21.7 Å². The quantitative estimate of drug-likeness (QED) is 0.193. The number of hydrogen-bond acceptors (Lipinski definition) is 5. The highest BCUT2D eigenvalue weighted by atomic mass is 35.5. The van der Waals surface area contributed by atoms with Crippen LogP contribution in [0.2, 0.25) is 10.0 Å². The molecule has 3 aromatic rings. The van der Waals surface area contributed by atoms with Crippen LogP contribution in [0.25, 0.3) is 5.76 Å². The van der Waals surface area contributed by atoms with Crippen LogP contribution in [0.3, 0.4) is 0 Å². The molecular formula is C30H30Cl2N2O4. The maximum Gasteiger partial charge on any atom is 0.295 e. The lowest BCUT2D eigenvalue weighted by atomic mass is 9.94. The van der Waals surface area contributed by atoms with Crippen molar-refractivity contribution in [3.8, 4) is 5.75 Å². The minimum Gasteiger partial charge on any atom is -0.507 e. The average Bonchev–Trinajstić information content (AvgIpc) is 3.14. The predicted molar refractivity (Wildman–Crippen MR) is 151 cm³/mol. The van der Waals surface area contributed by atoms with Crippen LogP contribution in [0.4, 0.5) is 0 Å². The molecule has 1 aliphatic rings. The molecule has 1 saturated heterocycles. The molecule has 0 bridgehead atoms. The Bertz CT molecular complexity index is 1370. The Morgan fingerprint density at radius 1 is 1.00 bits per heavy atom. The Balaban J connectivity index is 1.70. The second-order valence-corrected chi connectivity index (χ2v) is 10.4. The van der Waals surface area contributed by atoms with Gasteiger partial charge in [0.25, 0.3) is 11.7 Å². The number of benzene rings is 3. The van der Waals surface area contributed by atoms with Crippen molar-refractivity contribution in [2.75, 3.05) is 27.2 Å². The first kappa shape index (κ1) is 27.7. The van der Waals surface area contributed by atoms with Crippen LogP contribution >= 0.6 is 23.2 Å². The lowest BCUT2D eigenvalue weighted by molar-refractivity contribution is -0.139. The van der Waals surface area contributed by atoms with E-state index < -0.39 is 17.7 Å². The first-order valence-corrected chi connectivity index (χ1v) is 13.1. The van der Waals surface area contributed by atoms with E-state index in [1.165, 1.54) is 4.90 Å². The molecule has 198 valence electrons. The maximum atomic E-state index is 13.3. The van der Waals surface area contributed by atoms with Crippen molar-refractivity contribution >= 4 is 40.7 Å². The second kappa shape index (κ2) is 12.0. The van der Waals surface area contributed by atoms with Crippen molar-refractivity contribution in [3.05, 3.63) is 105 Å². The van der Waals surface area contributed by atoms with Crippen LogP contribution in [0.5, 0.6) is 5.75 Å². The van der Waals surface area contributed by atoms with E-state index in [4.69, 9.17) is 27.9 Å². The van der Waals surface area contributed by atoms with Crippen molar-refractivity contribution in [2.45, 2.75) is 26.0 Å². The Morgan fingerprint density at radius 3 is 2.39 bits per heavy atom. The molecule has 6 nitrogen and oxygen atoms in total. The summed E-state index contributed by atoms with van der Waals surface area (Å²) in [5.41, 5.74) is 2.87. The van der Waals surface area contributed by atoms with Gasteiger partial charge >= 0.3 is 0 Å². The number of halogens is 2. The van der Waals surface area contributed by atoms with E-state index in [0.717, 1.165) is 17.7 Å². The van der Waals surface area contributed by atoms with Crippen LogP contribution in [0.1, 0.15) is 34.7 Å². The largest absolute Gasteiger partial charge is 0.507 e. The number of carbonyl (C=O) groups is 2. The molecule has 0 radical (unpaired) electrons. The van der Waals surface area contributed by atoms with E-state index in [0.29, 0.717) is 46.5 Å². The molecule has 1 heterocycles. The van der Waals surface area contributed by atoms with Gasteiger partial charge in [-0.25, -0.2) is 0 Å². The molecule has 8 heteroatoms. The van der Waals surface area contributed by atoms with Crippen LogP contribution in [-0.4, -0.2) is 53.8 Å². The van der Waals surface area contributed by atoms with E-state index in [9.17, 15) is 14.7 Å². The second-order valence-electron chi connectivity index (χ2n) is 9.58. The van der Waals surface area contributed by atoms with Gasteiger partial charge in [-0.15, -0.1) is 0 Å². The van der Waals surface area contributed by atoms with Gasteiger partial charge in [-0.1, -0.05) is 59.6 Å². The first-order valence-electron chi connectivity index (χ1n) is 12.3. The van der Waals surface area contributed by atoms with Crippen molar-refractivity contribution < 1.29 is 19.4 Å². The Kier molecular flexibility index (Phi) is 8.77. The van der Waals surface area contributed by atoms with E-state index in [2.05, 4.69) is 0 Å². The molecular weight excluding hydrogens is 523 g/mol. The fourth-order valence-electron chi connectivity index (χ4n) is 4.55. The van der Waals surface area contributed by atoms with Gasteiger partial charge in [-0.3, -0.25) is 9.59 Å². The van der Waals surface area contributed by atoms with Crippen molar-refractivity contribution in [1.82, 2.24) is 9.80 Å². The van der Waals surface area contributed by atoms with E-state index >= 15 is 0 Å². The lowest BCUT2D eigenvalue weighted by Crippen LogP contribution is -2.32. The van der Waals surface area contributed by atoms with Gasteiger partial charge in [0, 0.05) is 12.1 Å². The summed E-state index contributed by atoms with van der Waals surface area (Å²) in [7, 11) is 3.89. The molecule has 1 atom stereocenters. The molecule has 1 fully saturated rings. The number of carbonyl (C=O) groups excluding carboxylic acids is 2. The molecule has 0 unspecified atom stereocenters. The SMILES string of the molecule is Cc1cc(C(O)=C2C(=O)C(=O)N(CCCN(C)C)[C@@H]2c2ccc(Cl)c(Cl)c2)ccc1OCc1ccccc1. The Labute approximate surface area is 233 Å². The summed E-state index contributed by atoms with van der Waals surface area (Å²) in [5, 5.41) is 12.1. The first-order chi connectivity index (χ1) is 18.2. The summed E-state index contributed by atoms with van der Waals surface area (Å²) >= 11 is 12.4. The third-order valence-electron chi connectivity index (χ3n) is 6.49. The summed E-state index contributed by atoms with van der Waals surface area (Å²) in [6, 6.07) is 19.2. The minimum absolute atomic E-state index is 0.0237. The number of nitrogens with zero attached hydrogens (tertiary/aromatic N) is 2. The monoisotopic (exact) mass is 552 g/mol. The molecule has 0 aromatic heterocycles. The third kappa shape index (κ3) is 6.04. The van der Waals surface area contributed by atoms with Crippen molar-refractivity contribution in [2.24, 2.45) is 0 Å². The van der Waals surface area contributed by atoms with Gasteiger partial charge in [-0.2, -0.15) is 0 Å². The molecule has 1 amide bonds. The number of hydrogen-bond donors (Lipinski definition) is 1. The lowest BCUT2D eigenvalue weighted by Gasteiger charge is -2.26. The molecule has 4 rings (SSSR count). The van der Waals surface area contributed by atoms with E-state index in [1.54, 1.807) is 36.4 Å². The summed E-state index contributed by atoms with van der Waals surface area (Å²) in [6.45, 7) is 3.35. The maximum absolute atomic E-state index is 13.3. The molecule has 0 saturated carbocycles. The summed E-state index contributed by atoms with van der Waals surface area (Å²) in [4.78, 5) is 29.9. The molecule has 3 aromatic carbocycles. The van der Waals surface area contributed by atoms with Crippen LogP contribution in [-0.2, 0) is 16.2 Å². The number of rotatable bonds is 9. The van der Waals surface area contributed by atoms with Gasteiger partial charge in [0.1, 0.15) is 18.1 Å². The van der Waals surface area contributed by atoms with Crippen LogP contribution in [0.15, 0.2) is 72.3 Å². The molecule has 0 aliphatic carbocycles. The number of ether oxygens (including phenoxy) is 1. The van der Waals surface area contributed by atoms with Crippen LogP contribution in [0, 0.1) is 6.92 Å². The van der Waals surface area contributed by atoms with Crippen molar-refractivity contribution in [3.63, 3.8) is 0 Å². The zero-order valence-electron chi connectivity index (χ0n) is 21.6. The van der Waals surface area contributed by atoms with Gasteiger partial charge in [0.15, 0.2) is 0 Å². The molecule has 0 spiro atoms. The summed E-state index contributed by atoms with van der Waals surface area (Å²) in [5.74, 6) is -0.964. The number of aliphatic hydroxyl groups excluding tert-OH is 1. The molecule has 1 N–H and O–H groups in total. The molecule has 38 heavy (non-hydrogen) atoms. The van der Waals surface area contributed by atoms with E-state index in [-0.39, 0.29) is 11.3 Å². The number of amides is 1. The highest BCUT2D eigenvalue weighted by molar-refractivity contribution is 6.46. The number of Topliss-reactive ketones (excluding diaryl/α,β-unsaturated/α-hetero) is 1. The normalized spacial score (nSPS) is 16.9. The predicted octanol–water partition coefficient (Wildman–Crippen LogP) is 6.25. The third-order valence-corrected chi connectivity index (χ3v) is 7.23. The van der Waals surface area contributed by atoms with Gasteiger partial charge < -0.3 is 19.6 Å². The summed E-state index contributed by atoms with van der Waals surface area (Å²) in [6.07, 6.45) is 0.657. The minimum atomic E-state index is -0.791. The number of likely N-dealkylation sites (tertiary alicyclic amines) is 1. The topological polar surface area (TPSA) is 70.1 Å². The molecule has 1 aliphatic heterocycles.